The van der Waals surface area contributed by atoms with Gasteiger partial charge in [0.25, 0.3) is 0 Å². The van der Waals surface area contributed by atoms with Gasteiger partial charge >= 0.3 is 5.97 Å². The second-order valence-electron chi connectivity index (χ2n) is 8.48. The lowest BCUT2D eigenvalue weighted by Gasteiger charge is -2.30. The molecular weight excluding hydrogens is 416 g/mol. The number of carboxylic acid groups (broad SMARTS) is 1. The number of carboxylic acids is 1. The number of rotatable bonds is 9. The van der Waals surface area contributed by atoms with Crippen molar-refractivity contribution in [2.75, 3.05) is 6.54 Å². The lowest BCUT2D eigenvalue weighted by molar-refractivity contribution is -0.149. The molecule has 1 aliphatic rings. The first-order chi connectivity index (χ1) is 15.0. The van der Waals surface area contributed by atoms with E-state index in [9.17, 15) is 29.4 Å². The van der Waals surface area contributed by atoms with Gasteiger partial charge in [0, 0.05) is 13.0 Å². The van der Waals surface area contributed by atoms with Gasteiger partial charge in [-0.3, -0.25) is 14.4 Å². The molecule has 0 bridgehead atoms. The number of nitrogens with two attached hydrogens (primary N) is 1. The molecule has 4 atom stereocenters. The molecule has 0 aromatic heterocycles. The van der Waals surface area contributed by atoms with E-state index in [1.807, 2.05) is 0 Å². The number of phenols is 1. The van der Waals surface area contributed by atoms with Crippen molar-refractivity contribution >= 4 is 23.7 Å². The Bertz CT molecular complexity index is 839. The van der Waals surface area contributed by atoms with Gasteiger partial charge in [0.1, 0.15) is 23.9 Å². The first-order valence-electron chi connectivity index (χ1n) is 10.7. The van der Waals surface area contributed by atoms with Crippen molar-refractivity contribution < 1.29 is 29.4 Å². The quantitative estimate of drug-likeness (QED) is 0.355. The highest BCUT2D eigenvalue weighted by Gasteiger charge is 2.38. The summed E-state index contributed by atoms with van der Waals surface area (Å²) in [6.45, 7) is 5.29. The first kappa shape index (κ1) is 25.1. The van der Waals surface area contributed by atoms with E-state index in [0.717, 1.165) is 0 Å². The number of carbonyl (C=O) groups is 4. The summed E-state index contributed by atoms with van der Waals surface area (Å²) in [6, 6.07) is 2.47. The topological polar surface area (TPSA) is 162 Å². The number of nitrogens with one attached hydrogen (secondary N) is 2. The molecule has 4 unspecified atom stereocenters. The molecule has 10 nitrogen and oxygen atoms in total. The summed E-state index contributed by atoms with van der Waals surface area (Å²) in [5, 5.41) is 24.3. The van der Waals surface area contributed by atoms with Crippen molar-refractivity contribution in [3.8, 4) is 5.75 Å². The van der Waals surface area contributed by atoms with E-state index in [0.29, 0.717) is 18.4 Å². The molecule has 0 saturated carbocycles. The fourth-order valence-corrected chi connectivity index (χ4v) is 3.64. The van der Waals surface area contributed by atoms with Crippen LogP contribution in [-0.4, -0.2) is 69.5 Å². The van der Waals surface area contributed by atoms with Gasteiger partial charge < -0.3 is 31.5 Å². The zero-order chi connectivity index (χ0) is 24.0. The summed E-state index contributed by atoms with van der Waals surface area (Å²) < 4.78 is 0. The van der Waals surface area contributed by atoms with Crippen molar-refractivity contribution in [2.24, 2.45) is 11.7 Å². The molecule has 2 rings (SSSR count). The van der Waals surface area contributed by atoms with Gasteiger partial charge in [-0.15, -0.1) is 0 Å². The Labute approximate surface area is 187 Å². The van der Waals surface area contributed by atoms with Crippen molar-refractivity contribution in [3.05, 3.63) is 29.8 Å². The molecule has 1 fully saturated rings. The molecule has 3 amide bonds. The number of benzene rings is 1. The maximum absolute atomic E-state index is 13.3. The lowest BCUT2D eigenvalue weighted by atomic mass is 10.00. The van der Waals surface area contributed by atoms with E-state index < -0.39 is 47.9 Å². The maximum Gasteiger partial charge on any atom is 0.326 e. The summed E-state index contributed by atoms with van der Waals surface area (Å²) in [5.74, 6) is -2.86. The summed E-state index contributed by atoms with van der Waals surface area (Å²) in [4.78, 5) is 51.2. The van der Waals surface area contributed by atoms with Gasteiger partial charge in [-0.05, 0) is 43.4 Å². The molecule has 32 heavy (non-hydrogen) atoms. The van der Waals surface area contributed by atoms with E-state index in [1.54, 1.807) is 26.0 Å². The summed E-state index contributed by atoms with van der Waals surface area (Å²) in [7, 11) is 0. The highest BCUT2D eigenvalue weighted by atomic mass is 16.4. The Morgan fingerprint density at radius 3 is 2.25 bits per heavy atom. The Morgan fingerprint density at radius 2 is 1.72 bits per heavy atom. The number of carbonyl (C=O) groups excluding carboxylic acids is 3. The van der Waals surface area contributed by atoms with Crippen LogP contribution in [0.5, 0.6) is 5.75 Å². The van der Waals surface area contributed by atoms with Crippen LogP contribution in [0.3, 0.4) is 0 Å². The Balaban J connectivity index is 2.27. The zero-order valence-corrected chi connectivity index (χ0v) is 18.6. The molecule has 176 valence electrons. The third kappa shape index (κ3) is 6.43. The minimum Gasteiger partial charge on any atom is -0.508 e. The van der Waals surface area contributed by atoms with E-state index in [4.69, 9.17) is 5.73 Å². The van der Waals surface area contributed by atoms with Crippen LogP contribution in [0.4, 0.5) is 0 Å². The minimum atomic E-state index is -1.09. The first-order valence-corrected chi connectivity index (χ1v) is 10.7. The Kier molecular flexibility index (Phi) is 8.59. The predicted molar refractivity (Wildman–Crippen MR) is 117 cm³/mol. The molecule has 1 heterocycles. The van der Waals surface area contributed by atoms with Crippen LogP contribution >= 0.6 is 0 Å². The highest BCUT2D eigenvalue weighted by Crippen LogP contribution is 2.20. The average molecular weight is 449 g/mol. The largest absolute Gasteiger partial charge is 0.508 e. The molecule has 0 radical (unpaired) electrons. The van der Waals surface area contributed by atoms with Crippen molar-refractivity contribution in [1.29, 1.82) is 0 Å². The van der Waals surface area contributed by atoms with Gasteiger partial charge in [0.05, 0.1) is 6.04 Å². The number of phenolic OH excluding ortho intramolecular Hbond substituents is 1. The number of aromatic hydroxyl groups is 1. The van der Waals surface area contributed by atoms with Gasteiger partial charge in [-0.2, -0.15) is 0 Å². The molecule has 10 heteroatoms. The highest BCUT2D eigenvalue weighted by molar-refractivity contribution is 5.94. The van der Waals surface area contributed by atoms with Crippen LogP contribution in [0.2, 0.25) is 0 Å². The monoisotopic (exact) mass is 448 g/mol. The van der Waals surface area contributed by atoms with Gasteiger partial charge in [-0.1, -0.05) is 26.0 Å². The molecule has 6 N–H and O–H groups in total. The van der Waals surface area contributed by atoms with Crippen LogP contribution in [0.25, 0.3) is 0 Å². The average Bonchev–Trinajstić information content (AvgIpc) is 3.22. The third-order valence-electron chi connectivity index (χ3n) is 5.47. The van der Waals surface area contributed by atoms with E-state index in [-0.39, 0.29) is 24.6 Å². The predicted octanol–water partition coefficient (Wildman–Crippen LogP) is -0.0169. The molecule has 0 aliphatic carbocycles. The fourth-order valence-electron chi connectivity index (χ4n) is 3.64. The smallest absolute Gasteiger partial charge is 0.326 e. The number of likely N-dealkylation sites (tertiary alicyclic amines) is 1. The van der Waals surface area contributed by atoms with Gasteiger partial charge in [0.2, 0.25) is 17.7 Å². The summed E-state index contributed by atoms with van der Waals surface area (Å²) in [6.07, 6.45) is 1.00. The number of hydrogen-bond donors (Lipinski definition) is 5. The van der Waals surface area contributed by atoms with E-state index in [2.05, 4.69) is 10.6 Å². The number of hydrogen-bond acceptors (Lipinski definition) is 6. The lowest BCUT2D eigenvalue weighted by Crippen LogP contribution is -2.58. The third-order valence-corrected chi connectivity index (χ3v) is 5.47. The van der Waals surface area contributed by atoms with Crippen LogP contribution in [0.15, 0.2) is 24.3 Å². The molecule has 1 aromatic carbocycles. The molecule has 1 aliphatic heterocycles. The van der Waals surface area contributed by atoms with Gasteiger partial charge in [-0.25, -0.2) is 4.79 Å². The molecular formula is C22H32N4O6. The SMILES string of the molecule is CC(N)C(=O)NC(C(=O)NC(Cc1ccc(O)cc1)C(=O)N1CCCC1C(=O)O)C(C)C. The number of amides is 3. The van der Waals surface area contributed by atoms with Gasteiger partial charge in [0.15, 0.2) is 0 Å². The van der Waals surface area contributed by atoms with Crippen LogP contribution < -0.4 is 16.4 Å². The van der Waals surface area contributed by atoms with E-state index in [1.165, 1.54) is 24.0 Å². The molecule has 1 saturated heterocycles. The maximum atomic E-state index is 13.3. The summed E-state index contributed by atoms with van der Waals surface area (Å²) >= 11 is 0. The fraction of sp³-hybridized carbons (Fsp3) is 0.545. The van der Waals surface area contributed by atoms with E-state index >= 15 is 0 Å². The number of aliphatic carboxylic acids is 1. The molecule has 1 aromatic rings. The van der Waals surface area contributed by atoms with Crippen LogP contribution in [-0.2, 0) is 25.6 Å². The van der Waals surface area contributed by atoms with Crippen molar-refractivity contribution in [3.63, 3.8) is 0 Å². The number of nitrogens with zero attached hydrogens (tertiary/aromatic N) is 1. The standard InChI is InChI=1S/C22H32N4O6/c1-12(2)18(25-19(28)13(3)23)20(29)24-16(11-14-6-8-15(27)9-7-14)21(30)26-10-4-5-17(26)22(31)32/h6-9,12-13,16-18,27H,4-5,10-11,23H2,1-3H3,(H,24,29)(H,25,28)(H,31,32). The van der Waals surface area contributed by atoms with Crippen molar-refractivity contribution in [2.45, 2.75) is 64.2 Å². The normalized spacial score (nSPS) is 18.7. The van der Waals surface area contributed by atoms with Crippen molar-refractivity contribution in [1.82, 2.24) is 15.5 Å². The Morgan fingerprint density at radius 1 is 1.09 bits per heavy atom. The Hall–Kier alpha value is -3.14. The minimum absolute atomic E-state index is 0.0598. The second-order valence-corrected chi connectivity index (χ2v) is 8.48. The second kappa shape index (κ2) is 10.9. The zero-order valence-electron chi connectivity index (χ0n) is 18.6. The summed E-state index contributed by atoms with van der Waals surface area (Å²) in [5.41, 5.74) is 6.27. The molecule has 0 spiro atoms. The van der Waals surface area contributed by atoms with Crippen LogP contribution in [0, 0.1) is 5.92 Å². The van der Waals surface area contributed by atoms with Crippen LogP contribution in [0.1, 0.15) is 39.2 Å².